The van der Waals surface area contributed by atoms with Crippen LogP contribution in [0.15, 0.2) is 42.6 Å². The first-order valence-corrected chi connectivity index (χ1v) is 7.60. The van der Waals surface area contributed by atoms with Crippen molar-refractivity contribution in [2.75, 3.05) is 12.8 Å². The third kappa shape index (κ3) is 5.43. The minimum atomic E-state index is -1.40. The van der Waals surface area contributed by atoms with Crippen LogP contribution in [0, 0.1) is 18.6 Å². The molecule has 3 rings (SSSR count). The van der Waals surface area contributed by atoms with Crippen molar-refractivity contribution in [2.45, 2.75) is 6.92 Å². The molecule has 7 nitrogen and oxygen atoms in total. The molecule has 0 fully saturated rings. The molecule has 2 heterocycles. The molecule has 0 saturated heterocycles. The average molecular weight is 374 g/mol. The van der Waals surface area contributed by atoms with Gasteiger partial charge in [0.2, 0.25) is 11.8 Å². The summed E-state index contributed by atoms with van der Waals surface area (Å²) >= 11 is 0. The highest BCUT2D eigenvalue weighted by molar-refractivity contribution is 5.87. The summed E-state index contributed by atoms with van der Waals surface area (Å²) < 4.78 is 29.6. The van der Waals surface area contributed by atoms with E-state index in [1.54, 1.807) is 19.4 Å². The summed E-state index contributed by atoms with van der Waals surface area (Å²) in [4.78, 5) is 22.4. The van der Waals surface area contributed by atoms with E-state index in [1.807, 2.05) is 19.1 Å². The van der Waals surface area contributed by atoms with Gasteiger partial charge in [-0.05, 0) is 31.2 Å². The van der Waals surface area contributed by atoms with E-state index >= 15 is 0 Å². The van der Waals surface area contributed by atoms with Crippen molar-refractivity contribution in [1.82, 2.24) is 15.0 Å². The van der Waals surface area contributed by atoms with Crippen LogP contribution < -0.4 is 10.5 Å². The van der Waals surface area contributed by atoms with Crippen LogP contribution in [0.5, 0.6) is 5.88 Å². The summed E-state index contributed by atoms with van der Waals surface area (Å²) in [5.74, 6) is -2.40. The molecule has 0 aliphatic carbocycles. The summed E-state index contributed by atoms with van der Waals surface area (Å²) in [6, 6.07) is 7.83. The normalized spacial score (nSPS) is 9.93. The molecule has 9 heteroatoms. The van der Waals surface area contributed by atoms with Crippen LogP contribution in [-0.4, -0.2) is 33.1 Å². The molecule has 0 amide bonds. The Kier molecular flexibility index (Phi) is 6.32. The number of halogens is 2. The highest BCUT2D eigenvalue weighted by Crippen LogP contribution is 2.19. The first-order valence-electron chi connectivity index (χ1n) is 7.60. The number of rotatable bonds is 3. The number of nitrogens with zero attached hydrogens (tertiary/aromatic N) is 3. The molecule has 3 N–H and O–H groups in total. The Morgan fingerprint density at radius 2 is 1.89 bits per heavy atom. The van der Waals surface area contributed by atoms with Gasteiger partial charge in [-0.15, -0.1) is 0 Å². The lowest BCUT2D eigenvalue weighted by molar-refractivity contribution is 0.0692. The summed E-state index contributed by atoms with van der Waals surface area (Å²) in [7, 11) is 1.58. The lowest BCUT2D eigenvalue weighted by Gasteiger charge is -2.03. The third-order valence-corrected chi connectivity index (χ3v) is 3.27. The van der Waals surface area contributed by atoms with Crippen molar-refractivity contribution in [1.29, 1.82) is 0 Å². The standard InChI is InChI=1S/C11H12N4O.C7H4F2O2/c1-7-5-9(15-11(12)14-7)8-3-4-10(16-2)13-6-8;8-4-1-2-5(7(10)11)6(9)3-4/h3-6H,1-2H3,(H2,12,14,15);1-3H,(H,10,11). The van der Waals surface area contributed by atoms with Gasteiger partial charge in [0.1, 0.15) is 11.6 Å². The maximum absolute atomic E-state index is 12.5. The Bertz CT molecular complexity index is 930. The minimum absolute atomic E-state index is 0.269. The van der Waals surface area contributed by atoms with Crippen LogP contribution in [0.2, 0.25) is 0 Å². The predicted molar refractivity (Wildman–Crippen MR) is 94.3 cm³/mol. The lowest BCUT2D eigenvalue weighted by atomic mass is 10.2. The number of methoxy groups -OCH3 is 1. The first kappa shape index (κ1) is 19.7. The Morgan fingerprint density at radius 3 is 2.41 bits per heavy atom. The number of aromatic carboxylic acids is 1. The lowest BCUT2D eigenvalue weighted by Crippen LogP contribution is -2.00. The monoisotopic (exact) mass is 374 g/mol. The van der Waals surface area contributed by atoms with Crippen molar-refractivity contribution in [2.24, 2.45) is 0 Å². The number of nitrogen functional groups attached to an aromatic ring is 1. The molecule has 0 spiro atoms. The second-order valence-corrected chi connectivity index (χ2v) is 5.27. The second-order valence-electron chi connectivity index (χ2n) is 5.27. The Morgan fingerprint density at radius 1 is 1.15 bits per heavy atom. The van der Waals surface area contributed by atoms with Gasteiger partial charge in [-0.1, -0.05) is 0 Å². The topological polar surface area (TPSA) is 111 Å². The molecule has 0 radical (unpaired) electrons. The number of hydrogen-bond donors (Lipinski definition) is 2. The fourth-order valence-electron chi connectivity index (χ4n) is 2.05. The summed E-state index contributed by atoms with van der Waals surface area (Å²) in [5.41, 5.74) is 7.55. The zero-order chi connectivity index (χ0) is 20.0. The van der Waals surface area contributed by atoms with Crippen molar-refractivity contribution < 1.29 is 23.4 Å². The molecule has 0 aliphatic rings. The molecule has 27 heavy (non-hydrogen) atoms. The van der Waals surface area contributed by atoms with Gasteiger partial charge in [0.05, 0.1) is 18.4 Å². The number of carboxylic acids is 1. The van der Waals surface area contributed by atoms with Crippen LogP contribution in [0.1, 0.15) is 16.1 Å². The van der Waals surface area contributed by atoms with Gasteiger partial charge in [0.25, 0.3) is 0 Å². The van der Waals surface area contributed by atoms with E-state index in [2.05, 4.69) is 15.0 Å². The molecule has 0 bridgehead atoms. The fourth-order valence-corrected chi connectivity index (χ4v) is 2.05. The van der Waals surface area contributed by atoms with Crippen LogP contribution in [0.3, 0.4) is 0 Å². The van der Waals surface area contributed by atoms with E-state index in [9.17, 15) is 13.6 Å². The number of anilines is 1. The predicted octanol–water partition coefficient (Wildman–Crippen LogP) is 3.10. The highest BCUT2D eigenvalue weighted by atomic mass is 19.1. The number of nitrogens with two attached hydrogens (primary N) is 1. The van der Waals surface area contributed by atoms with Gasteiger partial charge in [-0.2, -0.15) is 0 Å². The van der Waals surface area contributed by atoms with E-state index in [1.165, 1.54) is 0 Å². The molecule has 3 aromatic rings. The summed E-state index contributed by atoms with van der Waals surface area (Å²) in [6.45, 7) is 1.87. The molecule has 0 atom stereocenters. The van der Waals surface area contributed by atoms with Gasteiger partial charge < -0.3 is 15.6 Å². The first-order chi connectivity index (χ1) is 12.8. The SMILES string of the molecule is COc1ccc(-c2cc(C)nc(N)n2)cn1.O=C(O)c1ccc(F)cc1F. The smallest absolute Gasteiger partial charge is 0.338 e. The number of carboxylic acid groups (broad SMARTS) is 1. The van der Waals surface area contributed by atoms with Crippen LogP contribution >= 0.6 is 0 Å². The molecule has 140 valence electrons. The van der Waals surface area contributed by atoms with E-state index in [4.69, 9.17) is 15.6 Å². The minimum Gasteiger partial charge on any atom is -0.481 e. The van der Waals surface area contributed by atoms with Crippen molar-refractivity contribution >= 4 is 11.9 Å². The third-order valence-electron chi connectivity index (χ3n) is 3.27. The molecule has 1 aromatic carbocycles. The van der Waals surface area contributed by atoms with Crippen LogP contribution in [0.4, 0.5) is 14.7 Å². The van der Waals surface area contributed by atoms with Crippen molar-refractivity contribution in [3.05, 3.63) is 65.5 Å². The van der Waals surface area contributed by atoms with Gasteiger partial charge in [-0.25, -0.2) is 28.5 Å². The molecular formula is C18H16F2N4O3. The quantitative estimate of drug-likeness (QED) is 0.724. The van der Waals surface area contributed by atoms with Gasteiger partial charge in [0.15, 0.2) is 0 Å². The van der Waals surface area contributed by atoms with Crippen molar-refractivity contribution in [3.8, 4) is 17.1 Å². The average Bonchev–Trinajstić information content (AvgIpc) is 2.61. The Balaban J connectivity index is 0.000000208. The number of aryl methyl sites for hydroxylation is 1. The van der Waals surface area contributed by atoms with E-state index in [0.717, 1.165) is 29.1 Å². The summed E-state index contributed by atoms with van der Waals surface area (Å²) in [6.07, 6.45) is 1.69. The zero-order valence-corrected chi connectivity index (χ0v) is 14.5. The summed E-state index contributed by atoms with van der Waals surface area (Å²) in [5, 5.41) is 8.29. The fraction of sp³-hybridized carbons (Fsp3) is 0.111. The second kappa shape index (κ2) is 8.65. The maximum atomic E-state index is 12.5. The Hall–Kier alpha value is -3.62. The zero-order valence-electron chi connectivity index (χ0n) is 14.5. The number of hydrogen-bond acceptors (Lipinski definition) is 6. The highest BCUT2D eigenvalue weighted by Gasteiger charge is 2.09. The van der Waals surface area contributed by atoms with Gasteiger partial charge in [-0.3, -0.25) is 0 Å². The van der Waals surface area contributed by atoms with Crippen LogP contribution in [0.25, 0.3) is 11.3 Å². The largest absolute Gasteiger partial charge is 0.481 e. The molecule has 0 saturated carbocycles. The maximum Gasteiger partial charge on any atom is 0.338 e. The van der Waals surface area contributed by atoms with Gasteiger partial charge >= 0.3 is 5.97 Å². The van der Waals surface area contributed by atoms with E-state index in [-0.39, 0.29) is 5.95 Å². The number of benzene rings is 1. The molecule has 0 aliphatic heterocycles. The molecule has 2 aromatic heterocycles. The Labute approximate surface area is 153 Å². The van der Waals surface area contributed by atoms with Crippen LogP contribution in [-0.2, 0) is 0 Å². The molecule has 0 unspecified atom stereocenters. The number of ether oxygens (including phenoxy) is 1. The number of aromatic nitrogens is 3. The van der Waals surface area contributed by atoms with Crippen molar-refractivity contribution in [3.63, 3.8) is 0 Å². The molecular weight excluding hydrogens is 358 g/mol. The van der Waals surface area contributed by atoms with E-state index in [0.29, 0.717) is 11.9 Å². The van der Waals surface area contributed by atoms with Gasteiger partial charge in [0, 0.05) is 29.6 Å². The number of carbonyl (C=O) groups is 1. The number of pyridine rings is 1. The van der Waals surface area contributed by atoms with E-state index < -0.39 is 23.2 Å².